The molecule has 0 saturated carbocycles. The average molecular weight is 466 g/mol. The van der Waals surface area contributed by atoms with E-state index in [9.17, 15) is 13.2 Å². The van der Waals surface area contributed by atoms with Gasteiger partial charge in [0.15, 0.2) is 5.84 Å². The van der Waals surface area contributed by atoms with Gasteiger partial charge in [-0.25, -0.2) is 0 Å². The molecule has 2 heterocycles. The molecule has 1 atom stereocenters. The molecule has 0 radical (unpaired) electrons. The summed E-state index contributed by atoms with van der Waals surface area (Å²) in [6, 6.07) is 12.0. The van der Waals surface area contributed by atoms with Crippen LogP contribution in [0.1, 0.15) is 36.9 Å². The lowest BCUT2D eigenvalue weighted by atomic mass is 9.94. The van der Waals surface area contributed by atoms with Crippen molar-refractivity contribution in [3.8, 4) is 0 Å². The van der Waals surface area contributed by atoms with E-state index in [1.54, 1.807) is 36.4 Å². The average Bonchev–Trinajstić information content (AvgIpc) is 3.01. The summed E-state index contributed by atoms with van der Waals surface area (Å²) in [5.41, 5.74) is 1.52. The zero-order valence-electron chi connectivity index (χ0n) is 16.3. The number of hydrogen-bond acceptors (Lipinski definition) is 4. The number of carbonyl (C=O) groups is 1. The lowest BCUT2D eigenvalue weighted by Gasteiger charge is -2.33. The lowest BCUT2D eigenvalue weighted by molar-refractivity contribution is -0.126. The molecule has 9 heteroatoms. The second kappa shape index (κ2) is 8.21. The maximum Gasteiger partial charge on any atom is 0.285 e. The Morgan fingerprint density at radius 3 is 2.53 bits per heavy atom. The zero-order chi connectivity index (χ0) is 21.5. The number of amides is 1. The quantitative estimate of drug-likeness (QED) is 0.741. The predicted molar refractivity (Wildman–Crippen MR) is 117 cm³/mol. The molecule has 1 amide bonds. The van der Waals surface area contributed by atoms with E-state index in [1.165, 1.54) is 0 Å². The standard InChI is InChI=1S/C21H21Cl2N3O3S/c1-13(15-6-7-17(22)18(23)12-15)24-21(27)14-8-10-26(11-9-14)20-16-4-2-3-5-19(16)30(28,29)25-20/h2-7,12-14H,8-11H2,1H3,(H,24,27). The smallest absolute Gasteiger partial charge is 0.285 e. The second-order valence-electron chi connectivity index (χ2n) is 7.55. The molecule has 2 aliphatic heterocycles. The highest BCUT2D eigenvalue weighted by Crippen LogP contribution is 2.30. The van der Waals surface area contributed by atoms with Crippen molar-refractivity contribution >= 4 is 45.0 Å². The normalized spacial score (nSPS) is 19.2. The molecule has 1 N–H and O–H groups in total. The topological polar surface area (TPSA) is 78.8 Å². The van der Waals surface area contributed by atoms with Gasteiger partial charge in [-0.05, 0) is 49.6 Å². The molecule has 0 spiro atoms. The number of amidine groups is 1. The first-order valence-corrected chi connectivity index (χ1v) is 11.9. The Morgan fingerprint density at radius 1 is 1.13 bits per heavy atom. The largest absolute Gasteiger partial charge is 0.355 e. The minimum absolute atomic E-state index is 0.0189. The number of likely N-dealkylation sites (tertiary alicyclic amines) is 1. The third-order valence-corrected chi connectivity index (χ3v) is 7.64. The van der Waals surface area contributed by atoms with E-state index in [2.05, 4.69) is 9.71 Å². The van der Waals surface area contributed by atoms with Crippen LogP contribution in [0.4, 0.5) is 0 Å². The number of sulfonamides is 1. The molecule has 6 nitrogen and oxygen atoms in total. The Kier molecular flexibility index (Phi) is 5.79. The van der Waals surface area contributed by atoms with Crippen LogP contribution in [-0.4, -0.2) is 38.2 Å². The summed E-state index contributed by atoms with van der Waals surface area (Å²) >= 11 is 12.0. The molecule has 158 valence electrons. The van der Waals surface area contributed by atoms with Crippen LogP contribution in [0, 0.1) is 5.92 Å². The third kappa shape index (κ3) is 4.06. The molecule has 2 aromatic rings. The lowest BCUT2D eigenvalue weighted by Crippen LogP contribution is -2.43. The molecular formula is C21H21Cl2N3O3S. The fourth-order valence-corrected chi connectivity index (χ4v) is 5.40. The molecule has 30 heavy (non-hydrogen) atoms. The fourth-order valence-electron chi connectivity index (χ4n) is 3.87. The molecule has 2 aromatic carbocycles. The van der Waals surface area contributed by atoms with Crippen molar-refractivity contribution in [2.24, 2.45) is 10.3 Å². The van der Waals surface area contributed by atoms with E-state index < -0.39 is 10.0 Å². The summed E-state index contributed by atoms with van der Waals surface area (Å²) in [4.78, 5) is 14.9. The SMILES string of the molecule is CC(NC(=O)C1CCN(C2=NS(=O)(=O)c3ccccc32)CC1)c1ccc(Cl)c(Cl)c1. The molecule has 1 saturated heterocycles. The number of hydrogen-bond donors (Lipinski definition) is 1. The molecule has 2 aliphatic rings. The van der Waals surface area contributed by atoms with Crippen molar-refractivity contribution in [1.29, 1.82) is 0 Å². The number of benzene rings is 2. The van der Waals surface area contributed by atoms with Gasteiger partial charge >= 0.3 is 0 Å². The first kappa shape index (κ1) is 21.2. The van der Waals surface area contributed by atoms with Gasteiger partial charge in [-0.1, -0.05) is 41.4 Å². The van der Waals surface area contributed by atoms with Gasteiger partial charge in [-0.2, -0.15) is 8.42 Å². The monoisotopic (exact) mass is 465 g/mol. The third-order valence-electron chi connectivity index (χ3n) is 5.58. The summed E-state index contributed by atoms with van der Waals surface area (Å²) in [6.07, 6.45) is 1.25. The Labute approximate surface area is 185 Å². The number of nitrogens with zero attached hydrogens (tertiary/aromatic N) is 2. The van der Waals surface area contributed by atoms with Gasteiger partial charge in [0.25, 0.3) is 10.0 Å². The maximum absolute atomic E-state index is 12.7. The molecule has 4 rings (SSSR count). The van der Waals surface area contributed by atoms with Crippen molar-refractivity contribution in [1.82, 2.24) is 10.2 Å². The Balaban J connectivity index is 1.39. The van der Waals surface area contributed by atoms with E-state index in [0.717, 1.165) is 5.56 Å². The van der Waals surface area contributed by atoms with Crippen molar-refractivity contribution in [2.45, 2.75) is 30.7 Å². The van der Waals surface area contributed by atoms with Crippen molar-refractivity contribution in [2.75, 3.05) is 13.1 Å². The minimum Gasteiger partial charge on any atom is -0.355 e. The number of rotatable bonds is 3. The van der Waals surface area contributed by atoms with Crippen molar-refractivity contribution < 1.29 is 13.2 Å². The number of fused-ring (bicyclic) bond motifs is 1. The Hall–Kier alpha value is -2.09. The first-order chi connectivity index (χ1) is 14.3. The van der Waals surface area contributed by atoms with Crippen LogP contribution in [0.5, 0.6) is 0 Å². The van der Waals surface area contributed by atoms with Gasteiger partial charge in [-0.3, -0.25) is 4.79 Å². The highest BCUT2D eigenvalue weighted by molar-refractivity contribution is 7.90. The van der Waals surface area contributed by atoms with Gasteiger partial charge in [0, 0.05) is 24.6 Å². The molecule has 0 aliphatic carbocycles. The van der Waals surface area contributed by atoms with E-state index in [1.807, 2.05) is 17.9 Å². The van der Waals surface area contributed by atoms with Crippen molar-refractivity contribution in [3.05, 3.63) is 63.6 Å². The van der Waals surface area contributed by atoms with Crippen LogP contribution >= 0.6 is 23.2 Å². The predicted octanol–water partition coefficient (Wildman–Crippen LogP) is 4.03. The van der Waals surface area contributed by atoms with E-state index in [-0.39, 0.29) is 22.8 Å². The van der Waals surface area contributed by atoms with Crippen LogP contribution in [-0.2, 0) is 14.8 Å². The van der Waals surface area contributed by atoms with Crippen LogP contribution in [0.15, 0.2) is 51.8 Å². The van der Waals surface area contributed by atoms with Gasteiger partial charge in [0.2, 0.25) is 5.91 Å². The van der Waals surface area contributed by atoms with E-state index in [4.69, 9.17) is 23.2 Å². The highest BCUT2D eigenvalue weighted by atomic mass is 35.5. The number of carbonyl (C=O) groups excluding carboxylic acids is 1. The minimum atomic E-state index is -3.64. The van der Waals surface area contributed by atoms with Gasteiger partial charge in [0.1, 0.15) is 4.90 Å². The summed E-state index contributed by atoms with van der Waals surface area (Å²) in [6.45, 7) is 3.05. The number of halogens is 2. The Morgan fingerprint density at radius 2 is 1.83 bits per heavy atom. The molecule has 0 bridgehead atoms. The first-order valence-electron chi connectivity index (χ1n) is 9.71. The van der Waals surface area contributed by atoms with Gasteiger partial charge in [0.05, 0.1) is 16.1 Å². The fraction of sp³-hybridized carbons (Fsp3) is 0.333. The molecule has 0 aromatic heterocycles. The molecule has 1 unspecified atom stereocenters. The second-order valence-corrected chi connectivity index (χ2v) is 9.94. The zero-order valence-corrected chi connectivity index (χ0v) is 18.6. The van der Waals surface area contributed by atoms with E-state index in [0.29, 0.717) is 47.4 Å². The molecule has 1 fully saturated rings. The van der Waals surface area contributed by atoms with Crippen LogP contribution < -0.4 is 5.32 Å². The number of nitrogens with one attached hydrogen (secondary N) is 1. The summed E-state index contributed by atoms with van der Waals surface area (Å²) < 4.78 is 28.5. The van der Waals surface area contributed by atoms with Crippen LogP contribution in [0.3, 0.4) is 0 Å². The summed E-state index contributed by atoms with van der Waals surface area (Å²) in [5, 5.41) is 3.97. The summed E-state index contributed by atoms with van der Waals surface area (Å²) in [7, 11) is -3.64. The van der Waals surface area contributed by atoms with Crippen molar-refractivity contribution in [3.63, 3.8) is 0 Å². The number of piperidine rings is 1. The maximum atomic E-state index is 12.7. The van der Waals surface area contributed by atoms with Gasteiger partial charge in [-0.15, -0.1) is 4.40 Å². The van der Waals surface area contributed by atoms with Crippen LogP contribution in [0.2, 0.25) is 10.0 Å². The van der Waals surface area contributed by atoms with Crippen LogP contribution in [0.25, 0.3) is 0 Å². The molecular weight excluding hydrogens is 445 g/mol. The Bertz CT molecular complexity index is 1130. The van der Waals surface area contributed by atoms with Gasteiger partial charge < -0.3 is 10.2 Å². The summed E-state index contributed by atoms with van der Waals surface area (Å²) in [5.74, 6) is 0.323. The van der Waals surface area contributed by atoms with E-state index >= 15 is 0 Å². The highest BCUT2D eigenvalue weighted by Gasteiger charge is 2.34.